The molecule has 100 valence electrons. The molecule has 2 rings (SSSR count). The van der Waals surface area contributed by atoms with Crippen LogP contribution >= 0.6 is 0 Å². The van der Waals surface area contributed by atoms with Crippen LogP contribution in [-0.4, -0.2) is 12.1 Å². The molecule has 1 aromatic carbocycles. The van der Waals surface area contributed by atoms with E-state index in [2.05, 4.69) is 10.3 Å². The Balaban J connectivity index is 2.10. The fraction of sp³-hybridized carbons (Fsp3) is 0.267. The SMILES string of the molecule is COc1ccc(NC(C)c2ccc(C)c(F)c2)cn1. The first kappa shape index (κ1) is 13.3. The molecule has 0 aliphatic carbocycles. The number of nitrogens with one attached hydrogen (secondary N) is 1. The Hall–Kier alpha value is -2.10. The first-order chi connectivity index (χ1) is 9.10. The summed E-state index contributed by atoms with van der Waals surface area (Å²) >= 11 is 0. The molecule has 0 saturated heterocycles. The molecule has 1 heterocycles. The highest BCUT2D eigenvalue weighted by molar-refractivity contribution is 5.44. The average molecular weight is 260 g/mol. The molecule has 0 amide bonds. The van der Waals surface area contributed by atoms with Crippen LogP contribution in [0.15, 0.2) is 36.5 Å². The second-order valence-electron chi connectivity index (χ2n) is 4.46. The number of hydrogen-bond donors (Lipinski definition) is 1. The van der Waals surface area contributed by atoms with Crippen LogP contribution in [0.25, 0.3) is 0 Å². The van der Waals surface area contributed by atoms with Gasteiger partial charge >= 0.3 is 0 Å². The van der Waals surface area contributed by atoms with Crippen molar-refractivity contribution < 1.29 is 9.13 Å². The predicted molar refractivity (Wildman–Crippen MR) is 74.0 cm³/mol. The zero-order chi connectivity index (χ0) is 13.8. The van der Waals surface area contributed by atoms with Crippen LogP contribution in [0.2, 0.25) is 0 Å². The maximum Gasteiger partial charge on any atom is 0.213 e. The van der Waals surface area contributed by atoms with Crippen molar-refractivity contribution in [2.45, 2.75) is 19.9 Å². The summed E-state index contributed by atoms with van der Waals surface area (Å²) < 4.78 is 18.5. The van der Waals surface area contributed by atoms with Crippen molar-refractivity contribution in [3.05, 3.63) is 53.5 Å². The van der Waals surface area contributed by atoms with Crippen molar-refractivity contribution in [2.24, 2.45) is 0 Å². The fourth-order valence-electron chi connectivity index (χ4n) is 1.80. The number of benzene rings is 1. The Morgan fingerprint density at radius 3 is 2.63 bits per heavy atom. The summed E-state index contributed by atoms with van der Waals surface area (Å²) in [5, 5.41) is 3.27. The van der Waals surface area contributed by atoms with E-state index in [4.69, 9.17) is 4.74 Å². The lowest BCUT2D eigenvalue weighted by atomic mass is 10.1. The summed E-state index contributed by atoms with van der Waals surface area (Å²) in [5.41, 5.74) is 2.43. The number of aromatic nitrogens is 1. The van der Waals surface area contributed by atoms with Crippen LogP contribution in [0, 0.1) is 12.7 Å². The van der Waals surface area contributed by atoms with E-state index in [-0.39, 0.29) is 11.9 Å². The lowest BCUT2D eigenvalue weighted by molar-refractivity contribution is 0.398. The number of halogens is 1. The van der Waals surface area contributed by atoms with Gasteiger partial charge in [0, 0.05) is 12.1 Å². The van der Waals surface area contributed by atoms with Crippen molar-refractivity contribution in [1.82, 2.24) is 4.98 Å². The Bertz CT molecular complexity index is 555. The molecule has 3 nitrogen and oxygen atoms in total. The highest BCUT2D eigenvalue weighted by Crippen LogP contribution is 2.21. The normalized spacial score (nSPS) is 12.0. The Kier molecular flexibility index (Phi) is 4.00. The number of hydrogen-bond acceptors (Lipinski definition) is 3. The summed E-state index contributed by atoms with van der Waals surface area (Å²) in [6.45, 7) is 3.74. The molecular formula is C15H17FN2O. The fourth-order valence-corrected chi connectivity index (χ4v) is 1.80. The van der Waals surface area contributed by atoms with Gasteiger partial charge in [0.1, 0.15) is 5.82 Å². The Morgan fingerprint density at radius 2 is 2.05 bits per heavy atom. The molecule has 0 fully saturated rings. The summed E-state index contributed by atoms with van der Waals surface area (Å²) in [7, 11) is 1.58. The topological polar surface area (TPSA) is 34.1 Å². The van der Waals surface area contributed by atoms with Gasteiger partial charge < -0.3 is 10.1 Å². The molecule has 1 aromatic heterocycles. The van der Waals surface area contributed by atoms with Gasteiger partial charge in [-0.2, -0.15) is 0 Å². The van der Waals surface area contributed by atoms with Crippen LogP contribution in [0.4, 0.5) is 10.1 Å². The molecule has 0 saturated carbocycles. The largest absolute Gasteiger partial charge is 0.481 e. The number of anilines is 1. The van der Waals surface area contributed by atoms with Crippen molar-refractivity contribution in [2.75, 3.05) is 12.4 Å². The van der Waals surface area contributed by atoms with Crippen LogP contribution in [0.5, 0.6) is 5.88 Å². The lowest BCUT2D eigenvalue weighted by Gasteiger charge is -2.16. The van der Waals surface area contributed by atoms with Gasteiger partial charge in [0.2, 0.25) is 5.88 Å². The highest BCUT2D eigenvalue weighted by Gasteiger charge is 2.08. The van der Waals surface area contributed by atoms with E-state index in [1.807, 2.05) is 19.1 Å². The number of aryl methyl sites for hydroxylation is 1. The minimum Gasteiger partial charge on any atom is -0.481 e. The average Bonchev–Trinajstić information content (AvgIpc) is 2.42. The third kappa shape index (κ3) is 3.22. The minimum atomic E-state index is -0.181. The first-order valence-electron chi connectivity index (χ1n) is 6.13. The second-order valence-corrected chi connectivity index (χ2v) is 4.46. The van der Waals surface area contributed by atoms with Crippen molar-refractivity contribution in [3.63, 3.8) is 0 Å². The van der Waals surface area contributed by atoms with Gasteiger partial charge in [-0.25, -0.2) is 9.37 Å². The van der Waals surface area contributed by atoms with Gasteiger partial charge in [0.05, 0.1) is 19.0 Å². The van der Waals surface area contributed by atoms with E-state index in [0.29, 0.717) is 11.4 Å². The highest BCUT2D eigenvalue weighted by atomic mass is 19.1. The molecule has 0 aliphatic rings. The zero-order valence-corrected chi connectivity index (χ0v) is 11.3. The third-order valence-corrected chi connectivity index (χ3v) is 3.02. The molecular weight excluding hydrogens is 243 g/mol. The molecule has 4 heteroatoms. The van der Waals surface area contributed by atoms with Crippen LogP contribution in [-0.2, 0) is 0 Å². The number of ether oxygens (including phenoxy) is 1. The quantitative estimate of drug-likeness (QED) is 0.910. The van der Waals surface area contributed by atoms with Crippen LogP contribution < -0.4 is 10.1 Å². The van der Waals surface area contributed by atoms with Gasteiger partial charge in [-0.3, -0.25) is 0 Å². The minimum absolute atomic E-state index is 0.00490. The number of pyridine rings is 1. The van der Waals surface area contributed by atoms with Crippen molar-refractivity contribution in [1.29, 1.82) is 0 Å². The van der Waals surface area contributed by atoms with E-state index in [1.165, 1.54) is 0 Å². The van der Waals surface area contributed by atoms with Crippen LogP contribution in [0.1, 0.15) is 24.1 Å². The molecule has 2 aromatic rings. The number of rotatable bonds is 4. The van der Waals surface area contributed by atoms with Gasteiger partial charge in [-0.1, -0.05) is 12.1 Å². The number of methoxy groups -OCH3 is 1. The summed E-state index contributed by atoms with van der Waals surface area (Å²) in [6, 6.07) is 8.94. The van der Waals surface area contributed by atoms with E-state index in [9.17, 15) is 4.39 Å². The molecule has 1 unspecified atom stereocenters. The molecule has 1 atom stereocenters. The van der Waals surface area contributed by atoms with E-state index in [0.717, 1.165) is 11.3 Å². The van der Waals surface area contributed by atoms with E-state index < -0.39 is 0 Å². The van der Waals surface area contributed by atoms with Gasteiger partial charge in [-0.15, -0.1) is 0 Å². The standard InChI is InChI=1S/C15H17FN2O/c1-10-4-5-12(8-14(10)16)11(2)18-13-6-7-15(19-3)17-9-13/h4-9,11,18H,1-3H3. The molecule has 0 radical (unpaired) electrons. The summed E-state index contributed by atoms with van der Waals surface area (Å²) in [6.07, 6.45) is 1.69. The molecule has 0 spiro atoms. The zero-order valence-electron chi connectivity index (χ0n) is 11.3. The predicted octanol–water partition coefficient (Wildman–Crippen LogP) is 3.71. The summed E-state index contributed by atoms with van der Waals surface area (Å²) in [4.78, 5) is 4.12. The maximum absolute atomic E-state index is 13.5. The molecule has 0 aliphatic heterocycles. The second kappa shape index (κ2) is 5.69. The smallest absolute Gasteiger partial charge is 0.213 e. The van der Waals surface area contributed by atoms with Crippen LogP contribution in [0.3, 0.4) is 0 Å². The monoisotopic (exact) mass is 260 g/mol. The lowest BCUT2D eigenvalue weighted by Crippen LogP contribution is -2.07. The Morgan fingerprint density at radius 1 is 1.26 bits per heavy atom. The maximum atomic E-state index is 13.5. The third-order valence-electron chi connectivity index (χ3n) is 3.02. The first-order valence-corrected chi connectivity index (χ1v) is 6.13. The van der Waals surface area contributed by atoms with Crippen molar-refractivity contribution in [3.8, 4) is 5.88 Å². The molecule has 19 heavy (non-hydrogen) atoms. The molecule has 1 N–H and O–H groups in total. The van der Waals surface area contributed by atoms with Gasteiger partial charge in [0.15, 0.2) is 0 Å². The van der Waals surface area contributed by atoms with Crippen molar-refractivity contribution >= 4 is 5.69 Å². The summed E-state index contributed by atoms with van der Waals surface area (Å²) in [5.74, 6) is 0.388. The Labute approximate surface area is 112 Å². The van der Waals surface area contributed by atoms with Gasteiger partial charge in [0.25, 0.3) is 0 Å². The van der Waals surface area contributed by atoms with Gasteiger partial charge in [-0.05, 0) is 37.1 Å². The molecule has 0 bridgehead atoms. The van der Waals surface area contributed by atoms with E-state index >= 15 is 0 Å². The van der Waals surface area contributed by atoms with E-state index in [1.54, 1.807) is 38.4 Å². The number of nitrogens with zero attached hydrogens (tertiary/aromatic N) is 1.